The first-order chi connectivity index (χ1) is 13.0. The lowest BCUT2D eigenvalue weighted by Crippen LogP contribution is -2.38. The quantitative estimate of drug-likeness (QED) is 0.790. The molecule has 1 amide bonds. The van der Waals surface area contributed by atoms with E-state index in [1.807, 2.05) is 20.0 Å². The second-order valence-electron chi connectivity index (χ2n) is 7.81. The number of carbonyl (C=O) groups is 1. The van der Waals surface area contributed by atoms with Crippen molar-refractivity contribution in [2.75, 3.05) is 25.5 Å². The molecule has 1 saturated heterocycles. The Morgan fingerprint density at radius 2 is 1.89 bits per heavy atom. The molecule has 27 heavy (non-hydrogen) atoms. The van der Waals surface area contributed by atoms with Gasteiger partial charge in [-0.1, -0.05) is 38.1 Å². The van der Waals surface area contributed by atoms with Crippen LogP contribution < -0.4 is 10.6 Å². The molecule has 2 unspecified atom stereocenters. The number of nitrogens with zero attached hydrogens (tertiary/aromatic N) is 2. The van der Waals surface area contributed by atoms with Gasteiger partial charge in [-0.2, -0.15) is 4.37 Å². The van der Waals surface area contributed by atoms with Crippen LogP contribution in [0.15, 0.2) is 24.3 Å². The minimum atomic E-state index is -0.0689. The van der Waals surface area contributed by atoms with Gasteiger partial charge in [0, 0.05) is 33.2 Å². The second-order valence-corrected chi connectivity index (χ2v) is 8.59. The number of hydrogen-bond donors (Lipinski definition) is 2. The molecular weight excluding hydrogens is 356 g/mol. The van der Waals surface area contributed by atoms with Crippen molar-refractivity contribution in [3.8, 4) is 0 Å². The summed E-state index contributed by atoms with van der Waals surface area (Å²) < 4.78 is 4.28. The topological polar surface area (TPSA) is 57.3 Å². The van der Waals surface area contributed by atoms with Crippen molar-refractivity contribution in [2.45, 2.75) is 40.3 Å². The van der Waals surface area contributed by atoms with Gasteiger partial charge in [-0.3, -0.25) is 9.69 Å². The first-order valence-electron chi connectivity index (χ1n) is 9.69. The van der Waals surface area contributed by atoms with Crippen molar-refractivity contribution in [3.05, 3.63) is 46.6 Å². The summed E-state index contributed by atoms with van der Waals surface area (Å²) in [6.45, 7) is 10.3. The van der Waals surface area contributed by atoms with Gasteiger partial charge in [0.15, 0.2) is 0 Å². The van der Waals surface area contributed by atoms with E-state index in [0.717, 1.165) is 42.2 Å². The van der Waals surface area contributed by atoms with Crippen LogP contribution in [0, 0.1) is 18.8 Å². The number of amides is 1. The normalized spacial score (nSPS) is 20.4. The number of likely N-dealkylation sites (tertiary alicyclic amines) is 1. The molecule has 2 aromatic rings. The molecule has 0 bridgehead atoms. The van der Waals surface area contributed by atoms with Crippen LogP contribution in [0.4, 0.5) is 5.00 Å². The number of aryl methyl sites for hydroxylation is 1. The molecule has 2 atom stereocenters. The average Bonchev–Trinajstić information content (AvgIpc) is 3.00. The fourth-order valence-electron chi connectivity index (χ4n) is 4.12. The predicted molar refractivity (Wildman–Crippen MR) is 112 cm³/mol. The maximum Gasteiger partial charge on any atom is 0.256 e. The third kappa shape index (κ3) is 4.87. The highest BCUT2D eigenvalue weighted by atomic mass is 32.1. The lowest BCUT2D eigenvalue weighted by Gasteiger charge is -2.35. The predicted octanol–water partition coefficient (Wildman–Crippen LogP) is 3.90. The SMILES string of the molecule is CNc1snc(C)c1C(=O)NCc1ccccc1CN1CC(C)CC(C)C1. The van der Waals surface area contributed by atoms with E-state index in [0.29, 0.717) is 12.1 Å². The smallest absolute Gasteiger partial charge is 0.256 e. The number of rotatable bonds is 6. The molecule has 2 N–H and O–H groups in total. The molecule has 146 valence electrons. The van der Waals surface area contributed by atoms with Crippen molar-refractivity contribution in [1.29, 1.82) is 0 Å². The van der Waals surface area contributed by atoms with E-state index in [1.54, 1.807) is 0 Å². The zero-order valence-corrected chi connectivity index (χ0v) is 17.5. The van der Waals surface area contributed by atoms with Gasteiger partial charge < -0.3 is 10.6 Å². The number of carbonyl (C=O) groups excluding carboxylic acids is 1. The van der Waals surface area contributed by atoms with Crippen molar-refractivity contribution in [2.24, 2.45) is 11.8 Å². The highest BCUT2D eigenvalue weighted by molar-refractivity contribution is 7.10. The van der Waals surface area contributed by atoms with Crippen LogP contribution in [0.3, 0.4) is 0 Å². The van der Waals surface area contributed by atoms with E-state index in [4.69, 9.17) is 0 Å². The summed E-state index contributed by atoms with van der Waals surface area (Å²) in [4.78, 5) is 15.2. The number of benzene rings is 1. The van der Waals surface area contributed by atoms with Gasteiger partial charge in [-0.05, 0) is 47.8 Å². The van der Waals surface area contributed by atoms with Crippen LogP contribution in [-0.4, -0.2) is 35.3 Å². The highest BCUT2D eigenvalue weighted by Gasteiger charge is 2.22. The van der Waals surface area contributed by atoms with Crippen LogP contribution in [0.1, 0.15) is 47.4 Å². The maximum absolute atomic E-state index is 12.7. The molecule has 6 heteroatoms. The fraction of sp³-hybridized carbons (Fsp3) is 0.524. The minimum absolute atomic E-state index is 0.0689. The van der Waals surface area contributed by atoms with Crippen molar-refractivity contribution >= 4 is 22.4 Å². The van der Waals surface area contributed by atoms with Gasteiger partial charge in [-0.25, -0.2) is 0 Å². The Morgan fingerprint density at radius 1 is 1.22 bits per heavy atom. The molecule has 5 nitrogen and oxygen atoms in total. The van der Waals surface area contributed by atoms with Gasteiger partial charge in [0.05, 0.1) is 11.3 Å². The zero-order valence-electron chi connectivity index (χ0n) is 16.7. The zero-order chi connectivity index (χ0) is 19.4. The first-order valence-corrected chi connectivity index (χ1v) is 10.5. The Bertz CT molecular complexity index is 778. The van der Waals surface area contributed by atoms with E-state index in [9.17, 15) is 4.79 Å². The van der Waals surface area contributed by atoms with Gasteiger partial charge in [0.2, 0.25) is 0 Å². The Balaban J connectivity index is 1.67. The van der Waals surface area contributed by atoms with Crippen LogP contribution >= 0.6 is 11.5 Å². The van der Waals surface area contributed by atoms with Gasteiger partial charge in [0.1, 0.15) is 5.00 Å². The third-order valence-electron chi connectivity index (χ3n) is 5.21. The Hall–Kier alpha value is -1.92. The molecule has 0 radical (unpaired) electrons. The maximum atomic E-state index is 12.7. The summed E-state index contributed by atoms with van der Waals surface area (Å²) >= 11 is 1.32. The Kier molecular flexibility index (Phi) is 6.50. The van der Waals surface area contributed by atoms with Crippen LogP contribution in [0.2, 0.25) is 0 Å². The van der Waals surface area contributed by atoms with Crippen molar-refractivity contribution < 1.29 is 4.79 Å². The molecular formula is C21H30N4OS. The lowest BCUT2D eigenvalue weighted by atomic mass is 9.91. The Morgan fingerprint density at radius 3 is 2.56 bits per heavy atom. The van der Waals surface area contributed by atoms with E-state index in [1.165, 1.54) is 29.1 Å². The average molecular weight is 387 g/mol. The lowest BCUT2D eigenvalue weighted by molar-refractivity contribution is 0.0951. The molecule has 1 aliphatic rings. The molecule has 2 heterocycles. The number of aromatic nitrogens is 1. The number of nitrogens with one attached hydrogen (secondary N) is 2. The van der Waals surface area contributed by atoms with Crippen LogP contribution in [0.25, 0.3) is 0 Å². The summed E-state index contributed by atoms with van der Waals surface area (Å²) in [6, 6.07) is 8.43. The minimum Gasteiger partial charge on any atom is -0.378 e. The molecule has 1 aromatic heterocycles. The highest BCUT2D eigenvalue weighted by Crippen LogP contribution is 2.25. The summed E-state index contributed by atoms with van der Waals surface area (Å²) in [5.74, 6) is 1.42. The molecule has 1 fully saturated rings. The molecule has 3 rings (SSSR count). The van der Waals surface area contributed by atoms with Crippen LogP contribution in [0.5, 0.6) is 0 Å². The molecule has 0 aliphatic carbocycles. The van der Waals surface area contributed by atoms with Gasteiger partial charge in [-0.15, -0.1) is 0 Å². The summed E-state index contributed by atoms with van der Waals surface area (Å²) in [5, 5.41) is 6.95. The molecule has 0 saturated carbocycles. The van der Waals surface area contributed by atoms with E-state index >= 15 is 0 Å². The summed E-state index contributed by atoms with van der Waals surface area (Å²) in [6.07, 6.45) is 1.32. The largest absolute Gasteiger partial charge is 0.378 e. The summed E-state index contributed by atoms with van der Waals surface area (Å²) in [7, 11) is 1.82. The van der Waals surface area contributed by atoms with Gasteiger partial charge in [0.25, 0.3) is 5.91 Å². The Labute approximate surface area is 166 Å². The van der Waals surface area contributed by atoms with Gasteiger partial charge >= 0.3 is 0 Å². The first kappa shape index (κ1) is 19.8. The summed E-state index contributed by atoms with van der Waals surface area (Å²) in [5.41, 5.74) is 3.90. The molecule has 1 aromatic carbocycles. The van der Waals surface area contributed by atoms with E-state index in [-0.39, 0.29) is 5.91 Å². The number of hydrogen-bond acceptors (Lipinski definition) is 5. The monoisotopic (exact) mass is 386 g/mol. The fourth-order valence-corrected chi connectivity index (χ4v) is 4.86. The third-order valence-corrected chi connectivity index (χ3v) is 6.17. The van der Waals surface area contributed by atoms with E-state index in [2.05, 4.69) is 52.0 Å². The van der Waals surface area contributed by atoms with Crippen molar-refractivity contribution in [1.82, 2.24) is 14.6 Å². The van der Waals surface area contributed by atoms with E-state index < -0.39 is 0 Å². The number of anilines is 1. The molecule has 1 aliphatic heterocycles. The second kappa shape index (κ2) is 8.85. The number of piperidine rings is 1. The molecule has 0 spiro atoms. The standard InChI is InChI=1S/C21H30N4OS/c1-14-9-15(2)12-25(11-14)13-18-8-6-5-7-17(18)10-23-20(26)19-16(3)24-27-21(19)22-4/h5-8,14-15,22H,9-13H2,1-4H3,(H,23,26). The van der Waals surface area contributed by atoms with Crippen LogP contribution in [-0.2, 0) is 13.1 Å². The van der Waals surface area contributed by atoms with Crippen molar-refractivity contribution in [3.63, 3.8) is 0 Å².